The minimum atomic E-state index is -4.40. The molecular weight excluding hydrogens is 368 g/mol. The second-order valence-corrected chi connectivity index (χ2v) is 6.53. The highest BCUT2D eigenvalue weighted by Gasteiger charge is 2.31. The third-order valence-corrected chi connectivity index (χ3v) is 4.86. The van der Waals surface area contributed by atoms with Gasteiger partial charge in [-0.05, 0) is 23.8 Å². The van der Waals surface area contributed by atoms with Crippen LogP contribution >= 0.6 is 11.8 Å². The summed E-state index contributed by atoms with van der Waals surface area (Å²) in [6, 6.07) is 10.7. The van der Waals surface area contributed by atoms with E-state index in [1.165, 1.54) is 29.2 Å². The number of thioether (sulfide) groups is 1. The Balaban J connectivity index is 1.70. The molecule has 8 heteroatoms. The molecule has 0 fully saturated rings. The lowest BCUT2D eigenvalue weighted by molar-refractivity contribution is -0.137. The molecule has 1 aliphatic rings. The number of carbonyl (C=O) groups excluding carboxylic acids is 1. The lowest BCUT2D eigenvalue weighted by Crippen LogP contribution is -2.33. The maximum absolute atomic E-state index is 13.8. The first-order chi connectivity index (χ1) is 12.4. The standard InChI is InChI=1S/C18H14F4N2OS/c19-15-7-2-1-6-14(15)16(25)24-9-8-23-17(24)26-11-12-4-3-5-13(10-12)18(20,21)22/h1-7,10H,8-9,11H2. The van der Waals surface area contributed by atoms with E-state index in [4.69, 9.17) is 0 Å². The summed E-state index contributed by atoms with van der Waals surface area (Å²) in [6.07, 6.45) is -4.40. The van der Waals surface area contributed by atoms with Crippen LogP contribution in [-0.2, 0) is 11.9 Å². The van der Waals surface area contributed by atoms with Crippen molar-refractivity contribution in [3.8, 4) is 0 Å². The van der Waals surface area contributed by atoms with Crippen LogP contribution in [0.15, 0.2) is 53.5 Å². The Kier molecular flexibility index (Phi) is 5.31. The van der Waals surface area contributed by atoms with Crippen LogP contribution in [0, 0.1) is 5.82 Å². The molecule has 1 amide bonds. The molecule has 0 aromatic heterocycles. The third kappa shape index (κ3) is 4.07. The smallest absolute Gasteiger partial charge is 0.285 e. The molecule has 26 heavy (non-hydrogen) atoms. The SMILES string of the molecule is O=C(c1ccccc1F)N1CCN=C1SCc1cccc(C(F)(F)F)c1. The monoisotopic (exact) mass is 382 g/mol. The van der Waals surface area contributed by atoms with Crippen LogP contribution in [-0.4, -0.2) is 29.1 Å². The summed E-state index contributed by atoms with van der Waals surface area (Å²) in [5.41, 5.74) is -0.303. The minimum Gasteiger partial charge on any atom is -0.285 e. The van der Waals surface area contributed by atoms with Crippen molar-refractivity contribution in [2.24, 2.45) is 4.99 Å². The first-order valence-electron chi connectivity index (χ1n) is 7.76. The Hall–Kier alpha value is -2.35. The molecule has 2 aromatic rings. The highest BCUT2D eigenvalue weighted by molar-refractivity contribution is 8.13. The van der Waals surface area contributed by atoms with Crippen LogP contribution in [0.5, 0.6) is 0 Å². The number of alkyl halides is 3. The molecule has 2 aromatic carbocycles. The van der Waals surface area contributed by atoms with Gasteiger partial charge < -0.3 is 0 Å². The molecule has 0 bridgehead atoms. The molecule has 1 aliphatic heterocycles. The maximum atomic E-state index is 13.8. The van der Waals surface area contributed by atoms with Gasteiger partial charge in [0.2, 0.25) is 0 Å². The zero-order valence-corrected chi connectivity index (χ0v) is 14.3. The fraction of sp³-hybridized carbons (Fsp3) is 0.222. The van der Waals surface area contributed by atoms with Gasteiger partial charge in [0.1, 0.15) is 5.82 Å². The summed E-state index contributed by atoms with van der Waals surface area (Å²) in [5, 5.41) is 0.385. The largest absolute Gasteiger partial charge is 0.416 e. The second-order valence-electron chi connectivity index (χ2n) is 5.59. The van der Waals surface area contributed by atoms with E-state index in [1.54, 1.807) is 12.1 Å². The van der Waals surface area contributed by atoms with Gasteiger partial charge in [0.05, 0.1) is 17.7 Å². The second kappa shape index (κ2) is 7.49. The van der Waals surface area contributed by atoms with Crippen LogP contribution in [0.1, 0.15) is 21.5 Å². The predicted molar refractivity (Wildman–Crippen MR) is 92.5 cm³/mol. The van der Waals surface area contributed by atoms with Crippen LogP contribution in [0.2, 0.25) is 0 Å². The Morgan fingerprint density at radius 3 is 2.65 bits per heavy atom. The van der Waals surface area contributed by atoms with Crippen LogP contribution in [0.25, 0.3) is 0 Å². The summed E-state index contributed by atoms with van der Waals surface area (Å²) in [7, 11) is 0. The van der Waals surface area contributed by atoms with Gasteiger partial charge in [0.25, 0.3) is 5.91 Å². The number of hydrogen-bond acceptors (Lipinski definition) is 3. The molecule has 0 spiro atoms. The van der Waals surface area contributed by atoms with E-state index in [-0.39, 0.29) is 11.3 Å². The van der Waals surface area contributed by atoms with E-state index in [0.717, 1.165) is 23.9 Å². The molecule has 1 heterocycles. The number of aliphatic imine (C=N–C) groups is 1. The van der Waals surface area contributed by atoms with Crippen LogP contribution < -0.4 is 0 Å². The normalized spacial score (nSPS) is 14.5. The molecule has 0 N–H and O–H groups in total. The predicted octanol–water partition coefficient (Wildman–Crippen LogP) is 4.59. The topological polar surface area (TPSA) is 32.7 Å². The summed E-state index contributed by atoms with van der Waals surface area (Å²) >= 11 is 1.16. The molecule has 0 saturated carbocycles. The average Bonchev–Trinajstić information content (AvgIpc) is 3.08. The number of amidine groups is 1. The highest BCUT2D eigenvalue weighted by Crippen LogP contribution is 2.31. The van der Waals surface area contributed by atoms with Crippen molar-refractivity contribution in [2.75, 3.05) is 13.1 Å². The molecule has 3 rings (SSSR count). The molecule has 0 atom stereocenters. The van der Waals surface area contributed by atoms with E-state index >= 15 is 0 Å². The summed E-state index contributed by atoms with van der Waals surface area (Å²) in [4.78, 5) is 18.1. The van der Waals surface area contributed by atoms with E-state index in [2.05, 4.69) is 4.99 Å². The average molecular weight is 382 g/mol. The third-order valence-electron chi connectivity index (χ3n) is 3.77. The van der Waals surface area contributed by atoms with Gasteiger partial charge in [-0.3, -0.25) is 14.7 Å². The first kappa shape index (κ1) is 18.4. The zero-order valence-electron chi connectivity index (χ0n) is 13.5. The lowest BCUT2D eigenvalue weighted by atomic mass is 10.1. The van der Waals surface area contributed by atoms with Crippen molar-refractivity contribution in [2.45, 2.75) is 11.9 Å². The van der Waals surface area contributed by atoms with Gasteiger partial charge in [0.15, 0.2) is 5.17 Å². The van der Waals surface area contributed by atoms with Crippen LogP contribution in [0.4, 0.5) is 17.6 Å². The van der Waals surface area contributed by atoms with E-state index < -0.39 is 23.5 Å². The van der Waals surface area contributed by atoms with E-state index in [1.807, 2.05) is 0 Å². The molecule has 0 aliphatic carbocycles. The van der Waals surface area contributed by atoms with Gasteiger partial charge >= 0.3 is 6.18 Å². The van der Waals surface area contributed by atoms with Crippen LogP contribution in [0.3, 0.4) is 0 Å². The quantitative estimate of drug-likeness (QED) is 0.728. The number of hydrogen-bond donors (Lipinski definition) is 0. The molecular formula is C18H14F4N2OS. The summed E-state index contributed by atoms with van der Waals surface area (Å²) in [5.74, 6) is -0.897. The highest BCUT2D eigenvalue weighted by atomic mass is 32.2. The Morgan fingerprint density at radius 1 is 1.15 bits per heavy atom. The summed E-state index contributed by atoms with van der Waals surface area (Å²) < 4.78 is 52.2. The molecule has 0 unspecified atom stereocenters. The number of halogens is 4. The van der Waals surface area contributed by atoms with E-state index in [9.17, 15) is 22.4 Å². The lowest BCUT2D eigenvalue weighted by Gasteiger charge is -2.18. The fourth-order valence-electron chi connectivity index (χ4n) is 2.50. The molecule has 0 saturated heterocycles. The van der Waals surface area contributed by atoms with Crippen molar-refractivity contribution >= 4 is 22.8 Å². The van der Waals surface area contributed by atoms with Gasteiger partial charge in [-0.15, -0.1) is 0 Å². The number of amides is 1. The molecule has 3 nitrogen and oxygen atoms in total. The van der Waals surface area contributed by atoms with Crippen molar-refractivity contribution in [3.63, 3.8) is 0 Å². The molecule has 0 radical (unpaired) electrons. The van der Waals surface area contributed by atoms with Crippen molar-refractivity contribution in [1.29, 1.82) is 0 Å². The number of nitrogens with zero attached hydrogens (tertiary/aromatic N) is 2. The van der Waals surface area contributed by atoms with Gasteiger partial charge in [-0.2, -0.15) is 13.2 Å². The summed E-state index contributed by atoms with van der Waals surface area (Å²) in [6.45, 7) is 0.698. The van der Waals surface area contributed by atoms with Gasteiger partial charge in [0, 0.05) is 12.3 Å². The number of carbonyl (C=O) groups is 1. The van der Waals surface area contributed by atoms with Crippen molar-refractivity contribution in [1.82, 2.24) is 4.90 Å². The Bertz CT molecular complexity index is 851. The fourth-order valence-corrected chi connectivity index (χ4v) is 3.49. The van der Waals surface area contributed by atoms with Gasteiger partial charge in [-0.1, -0.05) is 42.1 Å². The first-order valence-corrected chi connectivity index (χ1v) is 8.74. The number of rotatable bonds is 3. The van der Waals surface area contributed by atoms with Crippen molar-refractivity contribution < 1.29 is 22.4 Å². The van der Waals surface area contributed by atoms with E-state index in [0.29, 0.717) is 23.8 Å². The Labute approximate surface area is 151 Å². The van der Waals surface area contributed by atoms with Gasteiger partial charge in [-0.25, -0.2) is 4.39 Å². The molecule has 136 valence electrons. The Morgan fingerprint density at radius 2 is 1.92 bits per heavy atom. The maximum Gasteiger partial charge on any atom is 0.416 e. The van der Waals surface area contributed by atoms with Crippen molar-refractivity contribution in [3.05, 3.63) is 71.0 Å². The number of benzene rings is 2. The minimum absolute atomic E-state index is 0.0539. The zero-order chi connectivity index (χ0) is 18.7.